The summed E-state index contributed by atoms with van der Waals surface area (Å²) in [5.74, 6) is 0.679. The van der Waals surface area contributed by atoms with E-state index in [9.17, 15) is 8.42 Å². The Hall–Kier alpha value is -0.870. The molecule has 19 heavy (non-hydrogen) atoms. The molecule has 106 valence electrons. The van der Waals surface area contributed by atoms with Gasteiger partial charge in [0.2, 0.25) is 0 Å². The molecule has 0 heterocycles. The minimum atomic E-state index is -3.37. The van der Waals surface area contributed by atoms with Gasteiger partial charge in [0.1, 0.15) is 0 Å². The lowest BCUT2D eigenvalue weighted by molar-refractivity contribution is 0.311. The van der Waals surface area contributed by atoms with Crippen LogP contribution >= 0.6 is 0 Å². The number of rotatable bonds is 4. The minimum Gasteiger partial charge on any atom is -0.265 e. The van der Waals surface area contributed by atoms with Crippen LogP contribution in [0.1, 0.15) is 54.7 Å². The van der Waals surface area contributed by atoms with E-state index in [-0.39, 0.29) is 6.61 Å². The Labute approximate surface area is 116 Å². The van der Waals surface area contributed by atoms with E-state index < -0.39 is 10.1 Å². The van der Waals surface area contributed by atoms with Gasteiger partial charge in [0.05, 0.1) is 12.9 Å². The Morgan fingerprint density at radius 3 is 2.47 bits per heavy atom. The maximum atomic E-state index is 11.0. The number of benzene rings is 1. The van der Waals surface area contributed by atoms with Gasteiger partial charge in [-0.25, -0.2) is 0 Å². The summed E-state index contributed by atoms with van der Waals surface area (Å²) in [5.41, 5.74) is 3.59. The molecule has 0 N–H and O–H groups in total. The van der Waals surface area contributed by atoms with Crippen LogP contribution in [0.3, 0.4) is 0 Å². The molecule has 1 aliphatic rings. The van der Waals surface area contributed by atoms with Crippen LogP contribution < -0.4 is 0 Å². The van der Waals surface area contributed by atoms with Crippen LogP contribution in [0.4, 0.5) is 0 Å². The third-order valence-corrected chi connectivity index (χ3v) is 4.36. The Morgan fingerprint density at radius 1 is 1.21 bits per heavy atom. The fraction of sp³-hybridized carbons (Fsp3) is 0.600. The smallest absolute Gasteiger partial charge is 0.264 e. The quantitative estimate of drug-likeness (QED) is 0.794. The van der Waals surface area contributed by atoms with Crippen LogP contribution in [0.2, 0.25) is 0 Å². The standard InChI is InChI=1S/C15H22O3S/c1-12-10-13(11-18-19(2,16)17)8-9-15(12)14-6-4-3-5-7-14/h8-10,14H,3-7,11H2,1-2H3. The van der Waals surface area contributed by atoms with Crippen LogP contribution in [0.15, 0.2) is 18.2 Å². The monoisotopic (exact) mass is 282 g/mol. The Balaban J connectivity index is 2.08. The van der Waals surface area contributed by atoms with E-state index in [0.29, 0.717) is 5.92 Å². The molecular weight excluding hydrogens is 260 g/mol. The highest BCUT2D eigenvalue weighted by atomic mass is 32.2. The van der Waals surface area contributed by atoms with Crippen LogP contribution in [0.25, 0.3) is 0 Å². The first-order valence-electron chi connectivity index (χ1n) is 6.89. The van der Waals surface area contributed by atoms with Crippen molar-refractivity contribution in [3.05, 3.63) is 34.9 Å². The van der Waals surface area contributed by atoms with Gasteiger partial charge in [-0.1, -0.05) is 37.5 Å². The third kappa shape index (κ3) is 4.32. The fourth-order valence-corrected chi connectivity index (χ4v) is 3.22. The van der Waals surface area contributed by atoms with Crippen molar-refractivity contribution in [2.75, 3.05) is 6.26 Å². The zero-order valence-electron chi connectivity index (χ0n) is 11.7. The average Bonchev–Trinajstić information content (AvgIpc) is 2.37. The normalized spacial score (nSPS) is 17.6. The fourth-order valence-electron chi connectivity index (χ4n) is 2.87. The van der Waals surface area contributed by atoms with Gasteiger partial charge >= 0.3 is 0 Å². The summed E-state index contributed by atoms with van der Waals surface area (Å²) in [7, 11) is -3.37. The van der Waals surface area contributed by atoms with Gasteiger partial charge in [-0.3, -0.25) is 4.18 Å². The highest BCUT2D eigenvalue weighted by Crippen LogP contribution is 2.34. The molecule has 0 spiro atoms. The lowest BCUT2D eigenvalue weighted by Gasteiger charge is -2.24. The third-order valence-electron chi connectivity index (χ3n) is 3.82. The summed E-state index contributed by atoms with van der Waals surface area (Å²) in [6, 6.07) is 6.18. The van der Waals surface area contributed by atoms with Gasteiger partial charge in [-0.2, -0.15) is 8.42 Å². The number of aryl methyl sites for hydroxylation is 1. The molecular formula is C15H22O3S. The van der Waals surface area contributed by atoms with Gasteiger partial charge in [-0.15, -0.1) is 0 Å². The van der Waals surface area contributed by atoms with Gasteiger partial charge in [0.25, 0.3) is 10.1 Å². The Kier molecular flexibility index (Phi) is 4.63. The number of hydrogen-bond donors (Lipinski definition) is 0. The van der Waals surface area contributed by atoms with Crippen molar-refractivity contribution < 1.29 is 12.6 Å². The van der Waals surface area contributed by atoms with Crippen molar-refractivity contribution in [1.29, 1.82) is 0 Å². The van der Waals surface area contributed by atoms with E-state index in [0.717, 1.165) is 11.8 Å². The van der Waals surface area contributed by atoms with E-state index in [2.05, 4.69) is 19.1 Å². The highest BCUT2D eigenvalue weighted by Gasteiger charge is 2.17. The predicted molar refractivity (Wildman–Crippen MR) is 76.6 cm³/mol. The van der Waals surface area contributed by atoms with E-state index >= 15 is 0 Å². The maximum absolute atomic E-state index is 11.0. The van der Waals surface area contributed by atoms with Crippen LogP contribution in [0.5, 0.6) is 0 Å². The molecule has 1 aromatic rings. The van der Waals surface area contributed by atoms with Crippen molar-refractivity contribution in [2.24, 2.45) is 0 Å². The molecule has 0 bridgehead atoms. The molecule has 1 aliphatic carbocycles. The minimum absolute atomic E-state index is 0.130. The van der Waals surface area contributed by atoms with Gasteiger partial charge in [-0.05, 0) is 42.4 Å². The zero-order valence-corrected chi connectivity index (χ0v) is 12.5. The summed E-state index contributed by atoms with van der Waals surface area (Å²) < 4.78 is 26.8. The second kappa shape index (κ2) is 6.06. The Bertz CT molecular complexity index is 528. The molecule has 0 aliphatic heterocycles. The molecule has 1 saturated carbocycles. The first-order valence-corrected chi connectivity index (χ1v) is 8.71. The molecule has 1 fully saturated rings. The molecule has 0 unspecified atom stereocenters. The molecule has 0 atom stereocenters. The summed E-state index contributed by atoms with van der Waals surface area (Å²) in [5, 5.41) is 0. The Morgan fingerprint density at radius 2 is 1.89 bits per heavy atom. The van der Waals surface area contributed by atoms with Gasteiger partial charge < -0.3 is 0 Å². The first kappa shape index (κ1) is 14.5. The predicted octanol–water partition coefficient (Wildman–Crippen LogP) is 3.52. The molecule has 0 aromatic heterocycles. The second-order valence-corrected chi connectivity index (χ2v) is 7.14. The lowest BCUT2D eigenvalue weighted by Crippen LogP contribution is -2.07. The van der Waals surface area contributed by atoms with E-state index in [1.54, 1.807) is 0 Å². The molecule has 3 nitrogen and oxygen atoms in total. The van der Waals surface area contributed by atoms with Crippen molar-refractivity contribution in [3.8, 4) is 0 Å². The van der Waals surface area contributed by atoms with E-state index in [1.807, 2.05) is 6.07 Å². The first-order chi connectivity index (χ1) is 8.96. The molecule has 0 radical (unpaired) electrons. The molecule has 0 saturated heterocycles. The summed E-state index contributed by atoms with van der Waals surface area (Å²) in [4.78, 5) is 0. The summed E-state index contributed by atoms with van der Waals surface area (Å²) >= 11 is 0. The van der Waals surface area contributed by atoms with E-state index in [4.69, 9.17) is 4.18 Å². The SMILES string of the molecule is Cc1cc(COS(C)(=O)=O)ccc1C1CCCCC1. The van der Waals surface area contributed by atoms with Crippen LogP contribution in [-0.2, 0) is 20.9 Å². The largest absolute Gasteiger partial charge is 0.265 e. The molecule has 4 heteroatoms. The van der Waals surface area contributed by atoms with Crippen LogP contribution in [-0.4, -0.2) is 14.7 Å². The maximum Gasteiger partial charge on any atom is 0.264 e. The lowest BCUT2D eigenvalue weighted by atomic mass is 9.82. The van der Waals surface area contributed by atoms with Gasteiger partial charge in [0, 0.05) is 0 Å². The molecule has 0 amide bonds. The second-order valence-electron chi connectivity index (χ2n) is 5.49. The number of hydrogen-bond acceptors (Lipinski definition) is 3. The highest BCUT2D eigenvalue weighted by molar-refractivity contribution is 7.85. The topological polar surface area (TPSA) is 43.4 Å². The van der Waals surface area contributed by atoms with Gasteiger partial charge in [0.15, 0.2) is 0 Å². The average molecular weight is 282 g/mol. The molecule has 2 rings (SSSR count). The van der Waals surface area contributed by atoms with Crippen molar-refractivity contribution >= 4 is 10.1 Å². The van der Waals surface area contributed by atoms with Crippen molar-refractivity contribution in [1.82, 2.24) is 0 Å². The van der Waals surface area contributed by atoms with Crippen molar-refractivity contribution in [2.45, 2.75) is 51.6 Å². The summed E-state index contributed by atoms with van der Waals surface area (Å²) in [6.07, 6.45) is 7.64. The zero-order chi connectivity index (χ0) is 13.9. The molecule has 1 aromatic carbocycles. The van der Waals surface area contributed by atoms with Crippen molar-refractivity contribution in [3.63, 3.8) is 0 Å². The van der Waals surface area contributed by atoms with E-state index in [1.165, 1.54) is 43.2 Å². The van der Waals surface area contributed by atoms with Crippen LogP contribution in [0, 0.1) is 6.92 Å². The summed E-state index contributed by atoms with van der Waals surface area (Å²) in [6.45, 7) is 2.23.